The minimum absolute atomic E-state index is 0.122. The van der Waals surface area contributed by atoms with Crippen molar-refractivity contribution >= 4 is 28.6 Å². The molecule has 222 valence electrons. The smallest absolute Gasteiger partial charge is 0.371 e. The predicted molar refractivity (Wildman–Crippen MR) is 162 cm³/mol. The number of nitrogens with zero attached hydrogens (tertiary/aromatic N) is 5. The van der Waals surface area contributed by atoms with Gasteiger partial charge < -0.3 is 20.4 Å². The molecule has 0 amide bonds. The predicted octanol–water partition coefficient (Wildman–Crippen LogP) is 3.89. The highest BCUT2D eigenvalue weighted by atomic mass is 35.5. The summed E-state index contributed by atoms with van der Waals surface area (Å²) in [4.78, 5) is 31.3. The van der Waals surface area contributed by atoms with Crippen LogP contribution in [0.1, 0.15) is 34.5 Å². The number of furan rings is 1. The Kier molecular flexibility index (Phi) is 7.65. The molecule has 11 nitrogen and oxygen atoms in total. The molecular formula is C31H31ClN6O5. The summed E-state index contributed by atoms with van der Waals surface area (Å²) < 4.78 is 8.49. The number of hydrogen-bond acceptors (Lipinski definition) is 8. The molecule has 1 aliphatic rings. The second-order valence-electron chi connectivity index (χ2n) is 11.0. The Morgan fingerprint density at radius 2 is 1.79 bits per heavy atom. The largest absolute Gasteiger partial charge is 0.475 e. The highest BCUT2D eigenvalue weighted by molar-refractivity contribution is 6.31. The van der Waals surface area contributed by atoms with Gasteiger partial charge in [0.05, 0.1) is 24.2 Å². The quantitative estimate of drug-likeness (QED) is 0.240. The Morgan fingerprint density at radius 3 is 2.44 bits per heavy atom. The number of rotatable bonds is 8. The Balaban J connectivity index is 1.12. The number of piperidine rings is 1. The standard InChI is InChI=1S/C31H31ClN6O5/c1-36-28(20-4-2-19(15-33)3-5-20)26-27(35-36)29(39)38(18-34-26)17-31(42)10-12-37(13-11-31)16-22-7-6-21(14-23(22)32)24-8-9-25(43-24)30(40)41/h2-9,14,18,42H,10-13,15-17,33H2,1H3,(H,40,41). The molecule has 0 saturated carbocycles. The fourth-order valence-corrected chi connectivity index (χ4v) is 5.85. The van der Waals surface area contributed by atoms with Gasteiger partial charge in [0, 0.05) is 49.4 Å². The number of benzene rings is 2. The van der Waals surface area contributed by atoms with Crippen LogP contribution < -0.4 is 11.3 Å². The number of aliphatic hydroxyl groups is 1. The summed E-state index contributed by atoms with van der Waals surface area (Å²) in [6, 6.07) is 16.3. The first kappa shape index (κ1) is 28.8. The van der Waals surface area contributed by atoms with E-state index in [0.29, 0.717) is 60.9 Å². The third-order valence-corrected chi connectivity index (χ3v) is 8.43. The summed E-state index contributed by atoms with van der Waals surface area (Å²) in [5.41, 5.74) is 9.38. The zero-order valence-corrected chi connectivity index (χ0v) is 24.3. The molecule has 1 aliphatic heterocycles. The minimum Gasteiger partial charge on any atom is -0.475 e. The molecule has 0 spiro atoms. The molecular weight excluding hydrogens is 572 g/mol. The zero-order chi connectivity index (χ0) is 30.3. The summed E-state index contributed by atoms with van der Waals surface area (Å²) in [6.07, 6.45) is 2.44. The van der Waals surface area contributed by atoms with E-state index < -0.39 is 11.6 Å². The van der Waals surface area contributed by atoms with Crippen molar-refractivity contribution < 1.29 is 19.4 Å². The van der Waals surface area contributed by atoms with Gasteiger partial charge in [0.1, 0.15) is 11.3 Å². The summed E-state index contributed by atoms with van der Waals surface area (Å²) >= 11 is 6.57. The van der Waals surface area contributed by atoms with E-state index in [-0.39, 0.29) is 23.4 Å². The van der Waals surface area contributed by atoms with E-state index in [2.05, 4.69) is 15.0 Å². The highest BCUT2D eigenvalue weighted by Gasteiger charge is 2.33. The first-order valence-corrected chi connectivity index (χ1v) is 14.3. The fraction of sp³-hybridized carbons (Fsp3) is 0.290. The molecule has 1 fully saturated rings. The van der Waals surface area contributed by atoms with E-state index in [9.17, 15) is 14.7 Å². The van der Waals surface area contributed by atoms with Gasteiger partial charge in [-0.3, -0.25) is 18.9 Å². The van der Waals surface area contributed by atoms with Crippen molar-refractivity contribution in [2.45, 2.75) is 38.1 Å². The summed E-state index contributed by atoms with van der Waals surface area (Å²) in [5.74, 6) is -0.829. The normalized spacial score (nSPS) is 15.3. The summed E-state index contributed by atoms with van der Waals surface area (Å²) in [5, 5.41) is 25.5. The molecule has 6 rings (SSSR count). The van der Waals surface area contributed by atoms with E-state index in [1.54, 1.807) is 23.9 Å². The maximum Gasteiger partial charge on any atom is 0.371 e. The van der Waals surface area contributed by atoms with Gasteiger partial charge >= 0.3 is 5.97 Å². The van der Waals surface area contributed by atoms with Crippen molar-refractivity contribution in [1.82, 2.24) is 24.2 Å². The molecule has 3 aromatic heterocycles. The Morgan fingerprint density at radius 1 is 1.07 bits per heavy atom. The summed E-state index contributed by atoms with van der Waals surface area (Å²) in [6.45, 7) is 2.39. The molecule has 0 bridgehead atoms. The van der Waals surface area contributed by atoms with Gasteiger partial charge in [-0.1, -0.05) is 48.0 Å². The SMILES string of the molecule is Cn1nc2c(=O)n(CC3(O)CCN(Cc4ccc(-c5ccc(C(=O)O)o5)cc4Cl)CC3)cnc2c1-c1ccc(CN)cc1. The van der Waals surface area contributed by atoms with Crippen molar-refractivity contribution in [2.24, 2.45) is 12.8 Å². The van der Waals surface area contributed by atoms with Crippen LogP contribution in [-0.2, 0) is 26.7 Å². The van der Waals surface area contributed by atoms with Gasteiger partial charge in [0.15, 0.2) is 5.52 Å². The number of aryl methyl sites for hydroxylation is 1. The lowest BCUT2D eigenvalue weighted by Crippen LogP contribution is -2.47. The van der Waals surface area contributed by atoms with Crippen LogP contribution in [0.4, 0.5) is 0 Å². The van der Waals surface area contributed by atoms with E-state index in [0.717, 1.165) is 22.4 Å². The second kappa shape index (κ2) is 11.4. The number of carboxylic acid groups (broad SMARTS) is 1. The number of halogens is 1. The van der Waals surface area contributed by atoms with Crippen LogP contribution in [0.25, 0.3) is 33.6 Å². The lowest BCUT2D eigenvalue weighted by molar-refractivity contribution is -0.0364. The van der Waals surface area contributed by atoms with Crippen LogP contribution in [0.2, 0.25) is 5.02 Å². The Bertz CT molecular complexity index is 1870. The molecule has 0 atom stereocenters. The first-order valence-electron chi connectivity index (χ1n) is 13.9. The maximum absolute atomic E-state index is 13.4. The average molecular weight is 603 g/mol. The van der Waals surface area contributed by atoms with Crippen molar-refractivity contribution in [3.8, 4) is 22.6 Å². The topological polar surface area (TPSA) is 153 Å². The molecule has 4 N–H and O–H groups in total. The van der Waals surface area contributed by atoms with Gasteiger partial charge in [0.25, 0.3) is 5.56 Å². The molecule has 1 saturated heterocycles. The molecule has 43 heavy (non-hydrogen) atoms. The number of aromatic nitrogens is 4. The number of aromatic carboxylic acids is 1. The van der Waals surface area contributed by atoms with Crippen LogP contribution in [0.3, 0.4) is 0 Å². The monoisotopic (exact) mass is 602 g/mol. The van der Waals surface area contributed by atoms with Gasteiger partial charge in [-0.15, -0.1) is 0 Å². The Hall–Kier alpha value is -4.29. The maximum atomic E-state index is 13.4. The highest BCUT2D eigenvalue weighted by Crippen LogP contribution is 2.31. The summed E-state index contributed by atoms with van der Waals surface area (Å²) in [7, 11) is 1.78. The van der Waals surface area contributed by atoms with Crippen LogP contribution >= 0.6 is 11.6 Å². The molecule has 0 radical (unpaired) electrons. The molecule has 5 aromatic rings. The van der Waals surface area contributed by atoms with Crippen LogP contribution in [0, 0.1) is 0 Å². The van der Waals surface area contributed by atoms with Gasteiger partial charge in [-0.05, 0) is 42.2 Å². The number of hydrogen-bond donors (Lipinski definition) is 3. The third-order valence-electron chi connectivity index (χ3n) is 8.07. The van der Waals surface area contributed by atoms with Crippen molar-refractivity contribution in [3.63, 3.8) is 0 Å². The number of likely N-dealkylation sites (tertiary alicyclic amines) is 1. The fourth-order valence-electron chi connectivity index (χ4n) is 5.61. The van der Waals surface area contributed by atoms with Crippen molar-refractivity contribution in [2.75, 3.05) is 13.1 Å². The van der Waals surface area contributed by atoms with Gasteiger partial charge in [0.2, 0.25) is 5.76 Å². The Labute approximate surface area is 251 Å². The molecule has 4 heterocycles. The minimum atomic E-state index is -1.13. The van der Waals surface area contributed by atoms with E-state index in [4.69, 9.17) is 26.9 Å². The number of nitrogens with two attached hydrogens (primary N) is 1. The van der Waals surface area contributed by atoms with Crippen LogP contribution in [0.5, 0.6) is 0 Å². The second-order valence-corrected chi connectivity index (χ2v) is 11.4. The third kappa shape index (κ3) is 5.72. The van der Waals surface area contributed by atoms with Crippen LogP contribution in [0.15, 0.2) is 70.1 Å². The van der Waals surface area contributed by atoms with Gasteiger partial charge in [-0.25, -0.2) is 9.78 Å². The molecule has 2 aromatic carbocycles. The van der Waals surface area contributed by atoms with E-state index in [1.807, 2.05) is 36.4 Å². The number of carbonyl (C=O) groups is 1. The molecule has 0 aliphatic carbocycles. The van der Waals surface area contributed by atoms with E-state index in [1.165, 1.54) is 17.0 Å². The number of fused-ring (bicyclic) bond motifs is 1. The lowest BCUT2D eigenvalue weighted by Gasteiger charge is -2.38. The van der Waals surface area contributed by atoms with Gasteiger partial charge in [-0.2, -0.15) is 5.10 Å². The van der Waals surface area contributed by atoms with Crippen molar-refractivity contribution in [1.29, 1.82) is 0 Å². The molecule has 0 unspecified atom stereocenters. The molecule has 12 heteroatoms. The lowest BCUT2D eigenvalue weighted by atomic mass is 9.91. The average Bonchev–Trinajstić information content (AvgIpc) is 3.62. The van der Waals surface area contributed by atoms with E-state index >= 15 is 0 Å². The van der Waals surface area contributed by atoms with Crippen LogP contribution in [-0.4, -0.2) is 59.1 Å². The number of carboxylic acids is 1. The van der Waals surface area contributed by atoms with Crippen molar-refractivity contribution in [3.05, 3.63) is 93.2 Å². The first-order chi connectivity index (χ1) is 20.6. The zero-order valence-electron chi connectivity index (χ0n) is 23.5.